The van der Waals surface area contributed by atoms with Crippen molar-refractivity contribution in [3.63, 3.8) is 0 Å². The maximum atomic E-state index is 13.1. The van der Waals surface area contributed by atoms with Gasteiger partial charge in [-0.3, -0.25) is 14.7 Å². The van der Waals surface area contributed by atoms with E-state index in [9.17, 15) is 4.79 Å². The second-order valence-electron chi connectivity index (χ2n) is 10.8. The largest absolute Gasteiger partial charge is 0.338 e. The molecule has 2 saturated heterocycles. The Morgan fingerprint density at radius 1 is 1.00 bits per heavy atom. The van der Waals surface area contributed by atoms with Gasteiger partial charge in [0, 0.05) is 37.3 Å². The van der Waals surface area contributed by atoms with Gasteiger partial charge in [0.1, 0.15) is 0 Å². The average molecular weight is 511 g/mol. The standard InChI is InChI=1S/C29H33Cl2N3O/c1-29(2)19-34(12-9-23(29)15-20-7-8-25(30)26(31)16-20)24-10-13-33(14-11-24)28(35)22-17-21-5-3-4-6-27(21)32-18-22/h3-8,16-18,23-24H,9-15,19H2,1-2H3. The van der Waals surface area contributed by atoms with Crippen LogP contribution in [0.4, 0.5) is 0 Å². The van der Waals surface area contributed by atoms with Gasteiger partial charge in [-0.1, -0.05) is 61.3 Å². The lowest BCUT2D eigenvalue weighted by molar-refractivity contribution is 0.00811. The molecular formula is C29H33Cl2N3O. The number of hydrogen-bond acceptors (Lipinski definition) is 3. The molecule has 5 rings (SSSR count). The predicted octanol–water partition coefficient (Wildman–Crippen LogP) is 6.74. The Balaban J connectivity index is 1.17. The average Bonchev–Trinajstić information content (AvgIpc) is 2.86. The molecule has 1 amide bonds. The van der Waals surface area contributed by atoms with Gasteiger partial charge in [-0.2, -0.15) is 0 Å². The number of carbonyl (C=O) groups excluding carboxylic acids is 1. The molecule has 0 aliphatic carbocycles. The molecule has 184 valence electrons. The molecule has 3 heterocycles. The molecule has 0 spiro atoms. The number of carbonyl (C=O) groups is 1. The highest BCUT2D eigenvalue weighted by Crippen LogP contribution is 2.39. The lowest BCUT2D eigenvalue weighted by Gasteiger charge is -2.49. The number of aromatic nitrogens is 1. The number of amides is 1. The number of hydrogen-bond donors (Lipinski definition) is 0. The monoisotopic (exact) mass is 509 g/mol. The predicted molar refractivity (Wildman–Crippen MR) is 144 cm³/mol. The summed E-state index contributed by atoms with van der Waals surface area (Å²) in [7, 11) is 0. The van der Waals surface area contributed by atoms with E-state index in [1.165, 1.54) is 12.0 Å². The van der Waals surface area contributed by atoms with E-state index in [2.05, 4.69) is 29.8 Å². The smallest absolute Gasteiger partial charge is 0.255 e. The van der Waals surface area contributed by atoms with E-state index < -0.39 is 0 Å². The third kappa shape index (κ3) is 5.35. The first kappa shape index (κ1) is 24.5. The lowest BCUT2D eigenvalue weighted by Crippen LogP contribution is -2.53. The number of pyridine rings is 1. The summed E-state index contributed by atoms with van der Waals surface area (Å²) in [6, 6.07) is 16.5. The Morgan fingerprint density at radius 3 is 2.51 bits per heavy atom. The minimum atomic E-state index is 0.0994. The minimum absolute atomic E-state index is 0.0994. The van der Waals surface area contributed by atoms with Crippen LogP contribution in [0.2, 0.25) is 10.0 Å². The first-order valence-corrected chi connectivity index (χ1v) is 13.4. The highest BCUT2D eigenvalue weighted by atomic mass is 35.5. The van der Waals surface area contributed by atoms with Crippen molar-refractivity contribution in [3.05, 3.63) is 75.9 Å². The van der Waals surface area contributed by atoms with Gasteiger partial charge in [-0.05, 0) is 73.4 Å². The van der Waals surface area contributed by atoms with E-state index in [-0.39, 0.29) is 11.3 Å². The van der Waals surface area contributed by atoms with Crippen molar-refractivity contribution in [2.75, 3.05) is 26.2 Å². The molecule has 2 aliphatic heterocycles. The van der Waals surface area contributed by atoms with E-state index in [1.807, 2.05) is 47.4 Å². The van der Waals surface area contributed by atoms with Gasteiger partial charge in [0.05, 0.1) is 21.1 Å². The number of rotatable bonds is 4. The van der Waals surface area contributed by atoms with Gasteiger partial charge in [0.25, 0.3) is 5.91 Å². The van der Waals surface area contributed by atoms with E-state index in [1.54, 1.807) is 6.20 Å². The van der Waals surface area contributed by atoms with Crippen LogP contribution in [0.25, 0.3) is 10.9 Å². The number of likely N-dealkylation sites (tertiary alicyclic amines) is 2. The van der Waals surface area contributed by atoms with Crippen LogP contribution in [0.1, 0.15) is 49.0 Å². The van der Waals surface area contributed by atoms with Crippen LogP contribution in [-0.4, -0.2) is 52.9 Å². The maximum absolute atomic E-state index is 13.1. The first-order chi connectivity index (χ1) is 16.8. The molecule has 2 aliphatic rings. The molecule has 2 aromatic carbocycles. The second kappa shape index (κ2) is 10.1. The molecule has 35 heavy (non-hydrogen) atoms. The molecule has 6 heteroatoms. The molecule has 0 N–H and O–H groups in total. The number of piperidine rings is 2. The van der Waals surface area contributed by atoms with Crippen LogP contribution in [0.5, 0.6) is 0 Å². The number of fused-ring (bicyclic) bond motifs is 1. The SMILES string of the molecule is CC1(C)CN(C2CCN(C(=O)c3cnc4ccccc4c3)CC2)CCC1Cc1ccc(Cl)c(Cl)c1. The normalized spacial score (nSPS) is 21.4. The fraction of sp³-hybridized carbons (Fsp3) is 0.448. The quantitative estimate of drug-likeness (QED) is 0.390. The fourth-order valence-corrected chi connectivity index (χ4v) is 6.21. The Morgan fingerprint density at radius 2 is 1.77 bits per heavy atom. The van der Waals surface area contributed by atoms with Crippen molar-refractivity contribution < 1.29 is 4.79 Å². The number of para-hydroxylation sites is 1. The topological polar surface area (TPSA) is 36.4 Å². The molecule has 0 radical (unpaired) electrons. The molecule has 1 unspecified atom stereocenters. The van der Waals surface area contributed by atoms with Crippen LogP contribution >= 0.6 is 23.2 Å². The lowest BCUT2D eigenvalue weighted by atomic mass is 9.70. The Hall–Kier alpha value is -2.14. The van der Waals surface area contributed by atoms with Gasteiger partial charge in [0.15, 0.2) is 0 Å². The van der Waals surface area contributed by atoms with Gasteiger partial charge in [0.2, 0.25) is 0 Å². The van der Waals surface area contributed by atoms with Crippen molar-refractivity contribution >= 4 is 40.0 Å². The van der Waals surface area contributed by atoms with Gasteiger partial charge >= 0.3 is 0 Å². The molecule has 0 bridgehead atoms. The first-order valence-electron chi connectivity index (χ1n) is 12.6. The van der Waals surface area contributed by atoms with Crippen molar-refractivity contribution in [2.24, 2.45) is 11.3 Å². The molecular weight excluding hydrogens is 477 g/mol. The number of halogens is 2. The third-order valence-electron chi connectivity index (χ3n) is 8.05. The van der Waals surface area contributed by atoms with E-state index in [0.717, 1.165) is 56.3 Å². The summed E-state index contributed by atoms with van der Waals surface area (Å²) in [5, 5.41) is 2.27. The van der Waals surface area contributed by atoms with Crippen LogP contribution in [-0.2, 0) is 6.42 Å². The van der Waals surface area contributed by atoms with Crippen LogP contribution in [0, 0.1) is 11.3 Å². The summed E-state index contributed by atoms with van der Waals surface area (Å²) in [6.07, 6.45) is 5.98. The summed E-state index contributed by atoms with van der Waals surface area (Å²) in [4.78, 5) is 22.3. The molecule has 4 nitrogen and oxygen atoms in total. The zero-order valence-corrected chi connectivity index (χ0v) is 22.0. The number of nitrogens with zero attached hydrogens (tertiary/aromatic N) is 3. The van der Waals surface area contributed by atoms with Gasteiger partial charge < -0.3 is 4.90 Å². The van der Waals surface area contributed by atoms with E-state index >= 15 is 0 Å². The highest BCUT2D eigenvalue weighted by molar-refractivity contribution is 6.42. The zero-order chi connectivity index (χ0) is 24.6. The Bertz CT molecular complexity index is 1220. The van der Waals surface area contributed by atoms with Crippen molar-refractivity contribution in [2.45, 2.75) is 45.6 Å². The summed E-state index contributed by atoms with van der Waals surface area (Å²) in [6.45, 7) is 8.61. The molecule has 3 aromatic rings. The van der Waals surface area contributed by atoms with Gasteiger partial charge in [-0.25, -0.2) is 0 Å². The summed E-state index contributed by atoms with van der Waals surface area (Å²) in [5.41, 5.74) is 3.09. The van der Waals surface area contributed by atoms with Crippen molar-refractivity contribution in [3.8, 4) is 0 Å². The second-order valence-corrected chi connectivity index (χ2v) is 11.7. The summed E-state index contributed by atoms with van der Waals surface area (Å²) >= 11 is 12.4. The van der Waals surface area contributed by atoms with Crippen molar-refractivity contribution in [1.82, 2.24) is 14.8 Å². The number of benzene rings is 2. The van der Waals surface area contributed by atoms with Crippen LogP contribution in [0.3, 0.4) is 0 Å². The fourth-order valence-electron chi connectivity index (χ4n) is 5.89. The minimum Gasteiger partial charge on any atom is -0.338 e. The Labute approximate surface area is 218 Å². The van der Waals surface area contributed by atoms with E-state index in [4.69, 9.17) is 23.2 Å². The molecule has 2 fully saturated rings. The Kier molecular flexibility index (Phi) is 7.07. The molecule has 1 atom stereocenters. The van der Waals surface area contributed by atoms with Crippen LogP contribution < -0.4 is 0 Å². The molecule has 0 saturated carbocycles. The zero-order valence-electron chi connectivity index (χ0n) is 20.5. The summed E-state index contributed by atoms with van der Waals surface area (Å²) in [5.74, 6) is 0.709. The molecule has 1 aromatic heterocycles. The highest BCUT2D eigenvalue weighted by Gasteiger charge is 2.39. The summed E-state index contributed by atoms with van der Waals surface area (Å²) < 4.78 is 0. The van der Waals surface area contributed by atoms with Crippen molar-refractivity contribution in [1.29, 1.82) is 0 Å². The van der Waals surface area contributed by atoms with Gasteiger partial charge in [-0.15, -0.1) is 0 Å². The third-order valence-corrected chi connectivity index (χ3v) is 8.79. The van der Waals surface area contributed by atoms with E-state index in [0.29, 0.717) is 27.6 Å². The maximum Gasteiger partial charge on any atom is 0.255 e. The van der Waals surface area contributed by atoms with Crippen LogP contribution in [0.15, 0.2) is 54.7 Å².